The number of hydrogen-bond donors (Lipinski definition) is 3. The number of amides is 3. The highest BCUT2D eigenvalue weighted by Crippen LogP contribution is 2.16. The second-order valence-electron chi connectivity index (χ2n) is 5.43. The van der Waals surface area contributed by atoms with E-state index in [9.17, 15) is 14.0 Å². The van der Waals surface area contributed by atoms with E-state index in [2.05, 4.69) is 16.0 Å². The van der Waals surface area contributed by atoms with Gasteiger partial charge in [0.1, 0.15) is 12.4 Å². The molecule has 2 rings (SSSR count). The molecule has 25 heavy (non-hydrogen) atoms. The van der Waals surface area contributed by atoms with Crippen LogP contribution in [0.4, 0.5) is 20.6 Å². The second kappa shape index (κ2) is 8.79. The summed E-state index contributed by atoms with van der Waals surface area (Å²) >= 11 is 0. The predicted octanol–water partition coefficient (Wildman–Crippen LogP) is 3.29. The molecule has 0 aromatic heterocycles. The number of halogens is 1. The number of benzene rings is 2. The molecular formula is C18H20FN3O3. The first-order chi connectivity index (χ1) is 12.0. The summed E-state index contributed by atoms with van der Waals surface area (Å²) in [7, 11) is 1.43. The van der Waals surface area contributed by atoms with Crippen LogP contribution in [0.3, 0.4) is 0 Å². The Labute approximate surface area is 145 Å². The molecule has 0 bridgehead atoms. The van der Waals surface area contributed by atoms with Gasteiger partial charge in [0.15, 0.2) is 0 Å². The van der Waals surface area contributed by atoms with Gasteiger partial charge in [0.05, 0.1) is 6.04 Å². The first-order valence-electron chi connectivity index (χ1n) is 7.70. The maximum absolute atomic E-state index is 12.9. The highest BCUT2D eigenvalue weighted by atomic mass is 19.1. The van der Waals surface area contributed by atoms with Crippen molar-refractivity contribution in [3.8, 4) is 0 Å². The minimum Gasteiger partial charge on any atom is -0.375 e. The van der Waals surface area contributed by atoms with Crippen LogP contribution in [0.15, 0.2) is 48.5 Å². The van der Waals surface area contributed by atoms with Crippen molar-refractivity contribution in [3.05, 3.63) is 59.9 Å². The van der Waals surface area contributed by atoms with Gasteiger partial charge >= 0.3 is 6.03 Å². The maximum atomic E-state index is 12.9. The summed E-state index contributed by atoms with van der Waals surface area (Å²) in [4.78, 5) is 23.6. The van der Waals surface area contributed by atoms with Gasteiger partial charge in [0, 0.05) is 18.5 Å². The Morgan fingerprint density at radius 3 is 2.36 bits per heavy atom. The van der Waals surface area contributed by atoms with Crippen molar-refractivity contribution in [3.63, 3.8) is 0 Å². The molecule has 0 saturated heterocycles. The summed E-state index contributed by atoms with van der Waals surface area (Å²) in [6.45, 7) is 1.75. The number of carbonyl (C=O) groups is 2. The molecule has 3 N–H and O–H groups in total. The molecule has 0 unspecified atom stereocenters. The summed E-state index contributed by atoms with van der Waals surface area (Å²) in [5.41, 5.74) is 1.86. The van der Waals surface area contributed by atoms with Crippen molar-refractivity contribution in [2.24, 2.45) is 0 Å². The molecule has 2 aromatic rings. The van der Waals surface area contributed by atoms with Crippen molar-refractivity contribution >= 4 is 23.3 Å². The number of anilines is 2. The Morgan fingerprint density at radius 2 is 1.72 bits per heavy atom. The van der Waals surface area contributed by atoms with Crippen LogP contribution in [0.2, 0.25) is 0 Å². The van der Waals surface area contributed by atoms with Crippen LogP contribution in [-0.4, -0.2) is 25.7 Å². The summed E-state index contributed by atoms with van der Waals surface area (Å²) in [5, 5.41) is 8.11. The smallest absolute Gasteiger partial charge is 0.319 e. The molecule has 6 nitrogen and oxygen atoms in total. The fourth-order valence-corrected chi connectivity index (χ4v) is 2.20. The quantitative estimate of drug-likeness (QED) is 0.752. The van der Waals surface area contributed by atoms with Crippen LogP contribution in [0.1, 0.15) is 18.5 Å². The summed E-state index contributed by atoms with van der Waals surface area (Å²) in [6.07, 6.45) is 0. The van der Waals surface area contributed by atoms with E-state index >= 15 is 0 Å². The number of methoxy groups -OCH3 is 1. The summed E-state index contributed by atoms with van der Waals surface area (Å²) < 4.78 is 17.7. The van der Waals surface area contributed by atoms with E-state index in [1.54, 1.807) is 43.3 Å². The van der Waals surface area contributed by atoms with E-state index in [1.807, 2.05) is 0 Å². The van der Waals surface area contributed by atoms with Gasteiger partial charge in [-0.3, -0.25) is 4.79 Å². The molecule has 0 spiro atoms. The fourth-order valence-electron chi connectivity index (χ4n) is 2.20. The highest BCUT2D eigenvalue weighted by Gasteiger charge is 2.10. The predicted molar refractivity (Wildman–Crippen MR) is 93.9 cm³/mol. The van der Waals surface area contributed by atoms with E-state index < -0.39 is 6.03 Å². The second-order valence-corrected chi connectivity index (χ2v) is 5.43. The van der Waals surface area contributed by atoms with Crippen molar-refractivity contribution in [1.82, 2.24) is 5.32 Å². The molecule has 0 heterocycles. The molecule has 0 saturated carbocycles. The minimum absolute atomic E-state index is 0.0483. The molecule has 1 atom stereocenters. The maximum Gasteiger partial charge on any atom is 0.319 e. The lowest BCUT2D eigenvalue weighted by molar-refractivity contribution is -0.119. The number of ether oxygens (including phenoxy) is 1. The molecule has 7 heteroatoms. The van der Waals surface area contributed by atoms with Crippen molar-refractivity contribution in [2.45, 2.75) is 13.0 Å². The average molecular weight is 345 g/mol. The third-order valence-electron chi connectivity index (χ3n) is 3.40. The average Bonchev–Trinajstić information content (AvgIpc) is 2.55. The van der Waals surface area contributed by atoms with Crippen LogP contribution in [0, 0.1) is 5.82 Å². The number of nitrogens with one attached hydrogen (secondary N) is 3. The van der Waals surface area contributed by atoms with E-state index in [-0.39, 0.29) is 24.4 Å². The van der Waals surface area contributed by atoms with E-state index in [0.29, 0.717) is 11.4 Å². The molecule has 0 aliphatic carbocycles. The van der Waals surface area contributed by atoms with Crippen molar-refractivity contribution < 1.29 is 18.7 Å². The zero-order valence-electron chi connectivity index (χ0n) is 14.0. The molecule has 132 valence electrons. The number of hydrogen-bond acceptors (Lipinski definition) is 3. The van der Waals surface area contributed by atoms with Crippen molar-refractivity contribution in [2.75, 3.05) is 24.4 Å². The SMILES string of the molecule is COCC(=O)Nc1cccc(NC(=O)N[C@H](C)c2ccc(F)cc2)c1. The highest BCUT2D eigenvalue weighted by molar-refractivity contribution is 5.94. The number of carbonyl (C=O) groups excluding carboxylic acids is 2. The molecule has 0 aliphatic heterocycles. The van der Waals surface area contributed by atoms with Gasteiger partial charge in [-0.25, -0.2) is 9.18 Å². The Kier molecular flexibility index (Phi) is 6.47. The molecular weight excluding hydrogens is 325 g/mol. The minimum atomic E-state index is -0.405. The Bertz CT molecular complexity index is 735. The molecule has 0 radical (unpaired) electrons. The normalized spacial score (nSPS) is 11.5. The van der Waals surface area contributed by atoms with Crippen LogP contribution >= 0.6 is 0 Å². The van der Waals surface area contributed by atoms with E-state index in [0.717, 1.165) is 5.56 Å². The van der Waals surface area contributed by atoms with Crippen LogP contribution in [0.5, 0.6) is 0 Å². The van der Waals surface area contributed by atoms with Crippen LogP contribution in [0.25, 0.3) is 0 Å². The standard InChI is InChI=1S/C18H20FN3O3/c1-12(13-6-8-14(19)9-7-13)20-18(24)22-16-5-3-4-15(10-16)21-17(23)11-25-2/h3-10,12H,11H2,1-2H3,(H,21,23)(H2,20,22,24)/t12-/m1/s1. The topological polar surface area (TPSA) is 79.5 Å². The Morgan fingerprint density at radius 1 is 1.08 bits per heavy atom. The van der Waals surface area contributed by atoms with E-state index in [1.165, 1.54) is 19.2 Å². The molecule has 0 aliphatic rings. The molecule has 3 amide bonds. The van der Waals surface area contributed by atoms with Gasteiger partial charge in [0.2, 0.25) is 5.91 Å². The number of urea groups is 1. The lowest BCUT2D eigenvalue weighted by atomic mass is 10.1. The van der Waals surface area contributed by atoms with Gasteiger partial charge in [-0.15, -0.1) is 0 Å². The Hall–Kier alpha value is -2.93. The zero-order chi connectivity index (χ0) is 18.2. The van der Waals surface area contributed by atoms with E-state index in [4.69, 9.17) is 4.74 Å². The lowest BCUT2D eigenvalue weighted by Crippen LogP contribution is -2.31. The first-order valence-corrected chi connectivity index (χ1v) is 7.70. The lowest BCUT2D eigenvalue weighted by Gasteiger charge is -2.15. The van der Waals surface area contributed by atoms with Crippen LogP contribution in [-0.2, 0) is 9.53 Å². The van der Waals surface area contributed by atoms with Gasteiger partial charge in [0.25, 0.3) is 0 Å². The van der Waals surface area contributed by atoms with Crippen molar-refractivity contribution in [1.29, 1.82) is 0 Å². The third kappa shape index (κ3) is 5.89. The zero-order valence-corrected chi connectivity index (χ0v) is 14.0. The molecule has 2 aromatic carbocycles. The fraction of sp³-hybridized carbons (Fsp3) is 0.222. The van der Waals surface area contributed by atoms with Gasteiger partial charge in [-0.05, 0) is 42.8 Å². The first kappa shape index (κ1) is 18.4. The monoisotopic (exact) mass is 345 g/mol. The van der Waals surface area contributed by atoms with Gasteiger partial charge in [-0.2, -0.15) is 0 Å². The summed E-state index contributed by atoms with van der Waals surface area (Å²) in [5.74, 6) is -0.609. The van der Waals surface area contributed by atoms with Crippen LogP contribution < -0.4 is 16.0 Å². The van der Waals surface area contributed by atoms with Gasteiger partial charge in [-0.1, -0.05) is 18.2 Å². The third-order valence-corrected chi connectivity index (χ3v) is 3.40. The molecule has 0 fully saturated rings. The summed E-state index contributed by atoms with van der Waals surface area (Å²) in [6, 6.07) is 12.0. The largest absolute Gasteiger partial charge is 0.375 e. The van der Waals surface area contributed by atoms with Gasteiger partial charge < -0.3 is 20.7 Å². The number of rotatable bonds is 6. The Balaban J connectivity index is 1.93.